The van der Waals surface area contributed by atoms with Crippen molar-refractivity contribution in [3.63, 3.8) is 0 Å². The van der Waals surface area contributed by atoms with E-state index >= 15 is 0 Å². The van der Waals surface area contributed by atoms with Crippen LogP contribution in [-0.2, 0) is 9.59 Å². The molecule has 2 aromatic rings. The Balaban J connectivity index is 1.80. The van der Waals surface area contributed by atoms with Crippen molar-refractivity contribution in [1.82, 2.24) is 9.80 Å². The molecule has 0 spiro atoms. The number of aliphatic hydroxyl groups excluding tert-OH is 1. The van der Waals surface area contributed by atoms with Crippen LogP contribution in [0.25, 0.3) is 5.76 Å². The molecule has 4 rings (SSSR count). The Bertz CT molecular complexity index is 1020. The maximum Gasteiger partial charge on any atom is 0.295 e. The minimum atomic E-state index is -0.799. The van der Waals surface area contributed by atoms with Crippen molar-refractivity contribution in [2.45, 2.75) is 13.0 Å². The first-order valence-electron chi connectivity index (χ1n) is 9.76. The van der Waals surface area contributed by atoms with E-state index in [1.54, 1.807) is 37.3 Å². The summed E-state index contributed by atoms with van der Waals surface area (Å²) >= 11 is 0. The third-order valence-corrected chi connectivity index (χ3v) is 5.17. The molecule has 1 N–H and O–H groups in total. The zero-order valence-corrected chi connectivity index (χ0v) is 17.2. The van der Waals surface area contributed by atoms with Gasteiger partial charge < -0.3 is 28.8 Å². The fraction of sp³-hybridized carbons (Fsp3) is 0.364. The predicted octanol–water partition coefficient (Wildman–Crippen LogP) is 2.34. The van der Waals surface area contributed by atoms with Gasteiger partial charge in [0.05, 0.1) is 5.57 Å². The lowest BCUT2D eigenvalue weighted by atomic mass is 9.99. The fourth-order valence-electron chi connectivity index (χ4n) is 3.66. The lowest BCUT2D eigenvalue weighted by Crippen LogP contribution is -2.35. The van der Waals surface area contributed by atoms with Crippen LogP contribution in [0.15, 0.2) is 40.3 Å². The summed E-state index contributed by atoms with van der Waals surface area (Å²) < 4.78 is 16.9. The summed E-state index contributed by atoms with van der Waals surface area (Å²) in [5.74, 6) is 0.485. The molecule has 1 saturated heterocycles. The molecule has 1 aromatic carbocycles. The molecular weight excluding hydrogens is 388 g/mol. The van der Waals surface area contributed by atoms with Crippen LogP contribution < -0.4 is 9.47 Å². The Morgan fingerprint density at radius 3 is 2.53 bits per heavy atom. The number of hydrogen-bond acceptors (Lipinski definition) is 7. The highest BCUT2D eigenvalue weighted by molar-refractivity contribution is 6.46. The van der Waals surface area contributed by atoms with Gasteiger partial charge in [0, 0.05) is 18.7 Å². The molecule has 158 valence electrons. The predicted molar refractivity (Wildman–Crippen MR) is 108 cm³/mol. The number of fused-ring (bicyclic) bond motifs is 1. The summed E-state index contributed by atoms with van der Waals surface area (Å²) in [7, 11) is 3.77. The van der Waals surface area contributed by atoms with Gasteiger partial charge in [0.1, 0.15) is 36.5 Å². The minimum absolute atomic E-state index is 0.00443. The van der Waals surface area contributed by atoms with Crippen LogP contribution in [0.3, 0.4) is 0 Å². The van der Waals surface area contributed by atoms with Crippen LogP contribution in [0.1, 0.15) is 23.1 Å². The van der Waals surface area contributed by atoms with E-state index in [0.29, 0.717) is 54.9 Å². The van der Waals surface area contributed by atoms with E-state index in [-0.39, 0.29) is 11.3 Å². The summed E-state index contributed by atoms with van der Waals surface area (Å²) in [6.45, 7) is 3.52. The second-order valence-electron chi connectivity index (χ2n) is 7.60. The Morgan fingerprint density at radius 2 is 1.87 bits per heavy atom. The lowest BCUT2D eigenvalue weighted by Gasteiger charge is -2.25. The van der Waals surface area contributed by atoms with E-state index in [0.717, 1.165) is 0 Å². The number of hydrogen-bond donors (Lipinski definition) is 1. The van der Waals surface area contributed by atoms with Gasteiger partial charge in [-0.05, 0) is 51.4 Å². The second-order valence-corrected chi connectivity index (χ2v) is 7.60. The highest BCUT2D eigenvalue weighted by atomic mass is 16.6. The standard InChI is InChI=1S/C22H24N2O6/c1-13-4-6-16(30-13)19-18(21(26)22(27)24(19)9-8-23(2)3)20(25)14-5-7-15-17(12-14)29-11-10-28-15/h4-7,12,19,25H,8-11H2,1-3H3/b20-18+/t19-/m1/s1. The average Bonchev–Trinajstić information content (AvgIpc) is 3.26. The summed E-state index contributed by atoms with van der Waals surface area (Å²) in [5.41, 5.74) is 0.378. The van der Waals surface area contributed by atoms with Gasteiger partial charge in [-0.2, -0.15) is 0 Å². The van der Waals surface area contributed by atoms with Crippen molar-refractivity contribution < 1.29 is 28.6 Å². The number of rotatable bonds is 5. The number of carbonyl (C=O) groups is 2. The Kier molecular flexibility index (Phi) is 5.26. The number of aryl methyl sites for hydroxylation is 1. The van der Waals surface area contributed by atoms with Gasteiger partial charge in [-0.25, -0.2) is 0 Å². The molecule has 1 amide bonds. The van der Waals surface area contributed by atoms with E-state index in [1.807, 2.05) is 19.0 Å². The van der Waals surface area contributed by atoms with Gasteiger partial charge in [-0.1, -0.05) is 0 Å². The smallest absolute Gasteiger partial charge is 0.295 e. The van der Waals surface area contributed by atoms with Crippen molar-refractivity contribution in [2.75, 3.05) is 40.4 Å². The Hall–Kier alpha value is -3.26. The summed E-state index contributed by atoms with van der Waals surface area (Å²) in [6.07, 6.45) is 0. The number of nitrogens with zero attached hydrogens (tertiary/aromatic N) is 2. The zero-order chi connectivity index (χ0) is 21.4. The number of likely N-dealkylation sites (tertiary alicyclic amines) is 1. The third kappa shape index (κ3) is 3.54. The topological polar surface area (TPSA) is 92.4 Å². The lowest BCUT2D eigenvalue weighted by molar-refractivity contribution is -0.140. The highest BCUT2D eigenvalue weighted by Gasteiger charge is 2.47. The molecule has 8 heteroatoms. The number of benzene rings is 1. The number of furan rings is 1. The maximum atomic E-state index is 12.9. The van der Waals surface area contributed by atoms with Gasteiger partial charge in [0.25, 0.3) is 11.7 Å². The van der Waals surface area contributed by atoms with Crippen molar-refractivity contribution in [3.05, 3.63) is 53.0 Å². The Labute approximate surface area is 174 Å². The van der Waals surface area contributed by atoms with E-state index in [9.17, 15) is 14.7 Å². The van der Waals surface area contributed by atoms with Gasteiger partial charge in [-0.3, -0.25) is 9.59 Å². The summed E-state index contributed by atoms with van der Waals surface area (Å²) in [6, 6.07) is 7.63. The first-order valence-corrected chi connectivity index (χ1v) is 9.76. The summed E-state index contributed by atoms with van der Waals surface area (Å²) in [4.78, 5) is 29.1. The molecule has 1 fully saturated rings. The number of Topliss-reactive ketones (excluding diaryl/α,β-unsaturated/α-hetero) is 1. The molecule has 0 bridgehead atoms. The van der Waals surface area contributed by atoms with E-state index < -0.39 is 17.7 Å². The molecule has 0 unspecified atom stereocenters. The third-order valence-electron chi connectivity index (χ3n) is 5.17. The first kappa shape index (κ1) is 20.0. The number of amides is 1. The van der Waals surface area contributed by atoms with Gasteiger partial charge in [-0.15, -0.1) is 0 Å². The minimum Gasteiger partial charge on any atom is -0.507 e. The van der Waals surface area contributed by atoms with E-state index in [1.165, 1.54) is 4.90 Å². The van der Waals surface area contributed by atoms with E-state index in [4.69, 9.17) is 13.9 Å². The number of aliphatic hydroxyl groups is 1. The molecule has 2 aliphatic heterocycles. The average molecular weight is 412 g/mol. The molecule has 0 radical (unpaired) electrons. The molecule has 30 heavy (non-hydrogen) atoms. The SMILES string of the molecule is Cc1ccc([C@@H]2/C(=C(\O)c3ccc4c(c3)OCCO4)C(=O)C(=O)N2CCN(C)C)o1. The van der Waals surface area contributed by atoms with Crippen LogP contribution in [0.5, 0.6) is 11.5 Å². The molecule has 3 heterocycles. The van der Waals surface area contributed by atoms with Crippen LogP contribution in [0.2, 0.25) is 0 Å². The van der Waals surface area contributed by atoms with Crippen LogP contribution in [0.4, 0.5) is 0 Å². The van der Waals surface area contributed by atoms with Gasteiger partial charge in [0.15, 0.2) is 11.5 Å². The molecule has 0 aliphatic carbocycles. The monoisotopic (exact) mass is 412 g/mol. The number of ketones is 1. The van der Waals surface area contributed by atoms with Gasteiger partial charge in [0.2, 0.25) is 0 Å². The molecule has 0 saturated carbocycles. The van der Waals surface area contributed by atoms with Crippen molar-refractivity contribution in [3.8, 4) is 11.5 Å². The zero-order valence-electron chi connectivity index (χ0n) is 17.2. The van der Waals surface area contributed by atoms with Crippen molar-refractivity contribution in [2.24, 2.45) is 0 Å². The summed E-state index contributed by atoms with van der Waals surface area (Å²) in [5, 5.41) is 11.1. The fourth-order valence-corrected chi connectivity index (χ4v) is 3.66. The molecule has 2 aliphatic rings. The number of likely N-dealkylation sites (N-methyl/N-ethyl adjacent to an activating group) is 1. The quantitative estimate of drug-likeness (QED) is 0.458. The first-order chi connectivity index (χ1) is 14.4. The number of ether oxygens (including phenoxy) is 2. The second kappa shape index (κ2) is 7.87. The van der Waals surface area contributed by atoms with Crippen LogP contribution in [0, 0.1) is 6.92 Å². The molecular formula is C22H24N2O6. The molecule has 1 aromatic heterocycles. The van der Waals surface area contributed by atoms with Gasteiger partial charge >= 0.3 is 0 Å². The molecule has 8 nitrogen and oxygen atoms in total. The van der Waals surface area contributed by atoms with Crippen molar-refractivity contribution in [1.29, 1.82) is 0 Å². The van der Waals surface area contributed by atoms with Crippen LogP contribution in [-0.4, -0.2) is 67.0 Å². The maximum absolute atomic E-state index is 12.9. The van der Waals surface area contributed by atoms with Crippen LogP contribution >= 0.6 is 0 Å². The highest BCUT2D eigenvalue weighted by Crippen LogP contribution is 2.41. The normalized spacial score (nSPS) is 20.3. The van der Waals surface area contributed by atoms with Crippen molar-refractivity contribution >= 4 is 17.4 Å². The number of carbonyl (C=O) groups excluding carboxylic acids is 2. The largest absolute Gasteiger partial charge is 0.507 e. The Morgan fingerprint density at radius 1 is 1.13 bits per heavy atom. The van der Waals surface area contributed by atoms with E-state index in [2.05, 4.69) is 0 Å². The molecule has 1 atom stereocenters.